The molecular formula is C38H18Cl2. The smallest absolute Gasteiger partial charge is 0.0569 e. The van der Waals surface area contributed by atoms with Crippen molar-refractivity contribution in [3.8, 4) is 44.5 Å². The Morgan fingerprint density at radius 2 is 0.700 bits per heavy atom. The van der Waals surface area contributed by atoms with Gasteiger partial charge in [-0.3, -0.25) is 0 Å². The molecule has 184 valence electrons. The van der Waals surface area contributed by atoms with Crippen LogP contribution in [0.5, 0.6) is 0 Å². The molecule has 8 aromatic carbocycles. The molecule has 0 heterocycles. The zero-order chi connectivity index (χ0) is 26.3. The second kappa shape index (κ2) is 7.23. The van der Waals surface area contributed by atoms with Crippen molar-refractivity contribution < 1.29 is 0 Å². The molecule has 2 aliphatic rings. The summed E-state index contributed by atoms with van der Waals surface area (Å²) in [5, 5.41) is 13.7. The van der Waals surface area contributed by atoms with Gasteiger partial charge in [-0.1, -0.05) is 120 Å². The zero-order valence-corrected chi connectivity index (χ0v) is 22.7. The number of halogens is 2. The minimum atomic E-state index is 0.826. The van der Waals surface area contributed by atoms with Crippen LogP contribution in [0.1, 0.15) is 0 Å². The van der Waals surface area contributed by atoms with Crippen LogP contribution >= 0.6 is 23.2 Å². The van der Waals surface area contributed by atoms with Crippen molar-refractivity contribution in [1.29, 1.82) is 0 Å². The lowest BCUT2D eigenvalue weighted by Crippen LogP contribution is -1.88. The van der Waals surface area contributed by atoms with E-state index in [9.17, 15) is 0 Å². The predicted molar refractivity (Wildman–Crippen MR) is 173 cm³/mol. The predicted octanol–water partition coefficient (Wildman–Crippen LogP) is 12.1. The summed E-state index contributed by atoms with van der Waals surface area (Å²) in [5.41, 5.74) is 9.69. The summed E-state index contributed by atoms with van der Waals surface area (Å²) in [5.74, 6) is 0. The van der Waals surface area contributed by atoms with Gasteiger partial charge in [-0.2, -0.15) is 0 Å². The molecule has 0 radical (unpaired) electrons. The highest BCUT2D eigenvalue weighted by Gasteiger charge is 2.27. The van der Waals surface area contributed by atoms with E-state index in [0.29, 0.717) is 0 Å². The van der Waals surface area contributed by atoms with Crippen LogP contribution in [-0.2, 0) is 0 Å². The van der Waals surface area contributed by atoms with E-state index in [2.05, 4.69) is 109 Å². The van der Waals surface area contributed by atoms with Crippen LogP contribution in [0.2, 0.25) is 10.0 Å². The monoisotopic (exact) mass is 544 g/mol. The summed E-state index contributed by atoms with van der Waals surface area (Å²) < 4.78 is 0. The summed E-state index contributed by atoms with van der Waals surface area (Å²) in [6.07, 6.45) is 0. The maximum absolute atomic E-state index is 7.26. The molecule has 0 saturated carbocycles. The standard InChI is InChI=1S/C38H18Cl2/c39-37-25-15-14-22-21(29(25)17-31-23-9-1-5-19-7-3-11-27(33(19)23)35(31)37)13-16-26-30(22)18-32-24-10-2-6-20-8-4-12-28(34(20)24)36(32)38(26)40/h1-18H. The number of benzene rings is 8. The fraction of sp³-hybridized carbons (Fsp3) is 0. The topological polar surface area (TPSA) is 0 Å². The Balaban J connectivity index is 1.32. The van der Waals surface area contributed by atoms with E-state index in [0.717, 1.165) is 31.9 Å². The van der Waals surface area contributed by atoms with Gasteiger partial charge in [0.1, 0.15) is 0 Å². The van der Waals surface area contributed by atoms with Gasteiger partial charge in [0.25, 0.3) is 0 Å². The minimum absolute atomic E-state index is 0.826. The zero-order valence-electron chi connectivity index (χ0n) is 21.1. The van der Waals surface area contributed by atoms with Gasteiger partial charge in [0, 0.05) is 21.9 Å². The van der Waals surface area contributed by atoms with E-state index in [4.69, 9.17) is 23.2 Å². The van der Waals surface area contributed by atoms with E-state index in [1.807, 2.05) is 0 Å². The Hall–Kier alpha value is -4.36. The van der Waals surface area contributed by atoms with Crippen molar-refractivity contribution >= 4 is 77.1 Å². The van der Waals surface area contributed by atoms with E-state index < -0.39 is 0 Å². The Morgan fingerprint density at radius 3 is 1.12 bits per heavy atom. The quantitative estimate of drug-likeness (QED) is 0.166. The molecule has 0 bridgehead atoms. The SMILES string of the molecule is Clc1c2c(cc3c1ccc1c4cc5c(c(Cl)c4ccc31)-c1cccc3cccc-5c13)-c1cccc3cccc-2c13. The van der Waals surface area contributed by atoms with Crippen LogP contribution in [0, 0.1) is 0 Å². The van der Waals surface area contributed by atoms with Crippen LogP contribution < -0.4 is 0 Å². The van der Waals surface area contributed by atoms with Crippen LogP contribution in [0.25, 0.3) is 98.4 Å². The molecule has 0 aromatic heterocycles. The van der Waals surface area contributed by atoms with Gasteiger partial charge >= 0.3 is 0 Å². The van der Waals surface area contributed by atoms with Gasteiger partial charge in [-0.05, 0) is 88.6 Å². The second-order valence-corrected chi connectivity index (χ2v) is 11.8. The average Bonchev–Trinajstić information content (AvgIpc) is 3.49. The molecule has 0 N–H and O–H groups in total. The van der Waals surface area contributed by atoms with Gasteiger partial charge in [0.2, 0.25) is 0 Å². The summed E-state index contributed by atoms with van der Waals surface area (Å²) in [7, 11) is 0. The Morgan fingerprint density at radius 1 is 0.325 bits per heavy atom. The van der Waals surface area contributed by atoms with Crippen molar-refractivity contribution in [1.82, 2.24) is 0 Å². The average molecular weight is 545 g/mol. The first-order valence-electron chi connectivity index (χ1n) is 13.6. The molecular weight excluding hydrogens is 527 g/mol. The molecule has 0 unspecified atom stereocenters. The molecule has 40 heavy (non-hydrogen) atoms. The second-order valence-electron chi connectivity index (χ2n) is 11.1. The van der Waals surface area contributed by atoms with Crippen LogP contribution in [0.3, 0.4) is 0 Å². The van der Waals surface area contributed by atoms with Gasteiger partial charge in [0.15, 0.2) is 0 Å². The fourth-order valence-electron chi connectivity index (χ4n) is 7.58. The highest BCUT2D eigenvalue weighted by Crippen LogP contribution is 2.55. The molecule has 0 saturated heterocycles. The third-order valence-corrected chi connectivity index (χ3v) is 10.0. The van der Waals surface area contributed by atoms with E-state index in [-0.39, 0.29) is 0 Å². The van der Waals surface area contributed by atoms with Crippen molar-refractivity contribution in [2.24, 2.45) is 0 Å². The number of hydrogen-bond donors (Lipinski definition) is 0. The normalized spacial score (nSPS) is 12.8. The molecule has 0 spiro atoms. The molecule has 10 rings (SSSR count). The third-order valence-electron chi connectivity index (χ3n) is 9.24. The van der Waals surface area contributed by atoms with Gasteiger partial charge in [-0.15, -0.1) is 0 Å². The number of hydrogen-bond acceptors (Lipinski definition) is 0. The van der Waals surface area contributed by atoms with Gasteiger partial charge < -0.3 is 0 Å². The fourth-order valence-corrected chi connectivity index (χ4v) is 8.32. The molecule has 2 heteroatoms. The van der Waals surface area contributed by atoms with E-state index in [1.165, 1.54) is 76.5 Å². The van der Waals surface area contributed by atoms with Crippen LogP contribution in [0.4, 0.5) is 0 Å². The lowest BCUT2D eigenvalue weighted by atomic mass is 9.91. The highest BCUT2D eigenvalue weighted by atomic mass is 35.5. The van der Waals surface area contributed by atoms with Crippen molar-refractivity contribution in [3.05, 3.63) is 119 Å². The van der Waals surface area contributed by atoms with Crippen molar-refractivity contribution in [2.45, 2.75) is 0 Å². The first-order valence-corrected chi connectivity index (χ1v) is 14.3. The molecule has 0 atom stereocenters. The lowest BCUT2D eigenvalue weighted by molar-refractivity contribution is 1.74. The maximum atomic E-state index is 7.26. The number of fused-ring (bicyclic) bond motifs is 11. The summed E-state index contributed by atoms with van der Waals surface area (Å²) in [6, 6.07) is 39.7. The summed E-state index contributed by atoms with van der Waals surface area (Å²) >= 11 is 14.5. The minimum Gasteiger partial charge on any atom is -0.0830 e. The first kappa shape index (κ1) is 21.5. The molecule has 0 nitrogen and oxygen atoms in total. The molecule has 0 aliphatic heterocycles. The lowest BCUT2D eigenvalue weighted by Gasteiger charge is -2.15. The van der Waals surface area contributed by atoms with Gasteiger partial charge in [0.05, 0.1) is 10.0 Å². The third kappa shape index (κ3) is 2.42. The van der Waals surface area contributed by atoms with Crippen LogP contribution in [0.15, 0.2) is 109 Å². The number of rotatable bonds is 0. The molecule has 8 aromatic rings. The Bertz CT molecular complexity index is 2310. The van der Waals surface area contributed by atoms with Gasteiger partial charge in [-0.25, -0.2) is 0 Å². The summed E-state index contributed by atoms with van der Waals surface area (Å²) in [6.45, 7) is 0. The molecule has 0 fully saturated rings. The maximum Gasteiger partial charge on any atom is 0.0569 e. The largest absolute Gasteiger partial charge is 0.0830 e. The van der Waals surface area contributed by atoms with Crippen molar-refractivity contribution in [3.63, 3.8) is 0 Å². The summed E-state index contributed by atoms with van der Waals surface area (Å²) in [4.78, 5) is 0. The first-order chi connectivity index (χ1) is 19.7. The Kier molecular flexibility index (Phi) is 3.88. The van der Waals surface area contributed by atoms with Crippen molar-refractivity contribution in [2.75, 3.05) is 0 Å². The van der Waals surface area contributed by atoms with Crippen LogP contribution in [-0.4, -0.2) is 0 Å². The van der Waals surface area contributed by atoms with E-state index in [1.54, 1.807) is 0 Å². The highest BCUT2D eigenvalue weighted by molar-refractivity contribution is 6.44. The molecule has 0 amide bonds. The van der Waals surface area contributed by atoms with E-state index >= 15 is 0 Å². The molecule has 2 aliphatic carbocycles. The Labute approximate surface area is 240 Å².